The molecule has 0 spiro atoms. The normalized spacial score (nSPS) is 16.3. The summed E-state index contributed by atoms with van der Waals surface area (Å²) in [5, 5.41) is 11.9. The molecule has 1 amide bonds. The molecule has 6 nitrogen and oxygen atoms in total. The average Bonchev–Trinajstić information content (AvgIpc) is 3.13. The molecule has 0 aromatic heterocycles. The van der Waals surface area contributed by atoms with E-state index in [-0.39, 0.29) is 17.6 Å². The number of carbonyl (C=O) groups excluding carboxylic acids is 1. The lowest BCUT2D eigenvalue weighted by molar-refractivity contribution is 0.0679. The van der Waals surface area contributed by atoms with Crippen molar-refractivity contribution < 1.29 is 24.2 Å². The maximum absolute atomic E-state index is 12.5. The molecule has 1 atom stereocenters. The highest BCUT2D eigenvalue weighted by atomic mass is 16.5. The largest absolute Gasteiger partial charge is 0.491 e. The minimum atomic E-state index is -1.06. The van der Waals surface area contributed by atoms with E-state index in [0.29, 0.717) is 29.2 Å². The third-order valence-electron chi connectivity index (χ3n) is 4.14. The second kappa shape index (κ2) is 8.01. The molecule has 0 bridgehead atoms. The van der Waals surface area contributed by atoms with Crippen LogP contribution in [0.15, 0.2) is 42.5 Å². The smallest absolute Gasteiger partial charge is 0.335 e. The van der Waals surface area contributed by atoms with Gasteiger partial charge in [0.05, 0.1) is 11.7 Å². The van der Waals surface area contributed by atoms with Gasteiger partial charge in [0.1, 0.15) is 12.4 Å². The van der Waals surface area contributed by atoms with Crippen molar-refractivity contribution in [1.82, 2.24) is 0 Å². The van der Waals surface area contributed by atoms with Gasteiger partial charge in [-0.3, -0.25) is 4.79 Å². The predicted octanol–water partition coefficient (Wildman–Crippen LogP) is 3.50. The SMILES string of the molecule is Cc1cc(C(=O)O)cc(C(=O)Nc2cccc(OCC3CCCO3)c2)c1. The van der Waals surface area contributed by atoms with E-state index in [9.17, 15) is 9.59 Å². The molecule has 6 heteroatoms. The first-order chi connectivity index (χ1) is 12.5. The van der Waals surface area contributed by atoms with Gasteiger partial charge in [-0.05, 0) is 55.7 Å². The van der Waals surface area contributed by atoms with Crippen LogP contribution in [0.2, 0.25) is 0 Å². The number of carboxylic acids is 1. The first-order valence-corrected chi connectivity index (χ1v) is 8.52. The molecule has 0 saturated carbocycles. The highest BCUT2D eigenvalue weighted by molar-refractivity contribution is 6.05. The maximum Gasteiger partial charge on any atom is 0.335 e. The molecular weight excluding hydrogens is 334 g/mol. The van der Waals surface area contributed by atoms with E-state index in [1.807, 2.05) is 6.07 Å². The molecule has 1 unspecified atom stereocenters. The van der Waals surface area contributed by atoms with Crippen LogP contribution in [0.5, 0.6) is 5.75 Å². The van der Waals surface area contributed by atoms with Gasteiger partial charge in [0.15, 0.2) is 0 Å². The van der Waals surface area contributed by atoms with Crippen LogP contribution in [-0.2, 0) is 4.74 Å². The van der Waals surface area contributed by atoms with Gasteiger partial charge in [0.2, 0.25) is 0 Å². The van der Waals surface area contributed by atoms with Gasteiger partial charge in [-0.25, -0.2) is 4.79 Å². The van der Waals surface area contributed by atoms with Crippen LogP contribution in [0.4, 0.5) is 5.69 Å². The quantitative estimate of drug-likeness (QED) is 0.828. The summed E-state index contributed by atoms with van der Waals surface area (Å²) in [5.74, 6) is -0.784. The van der Waals surface area contributed by atoms with Gasteiger partial charge in [-0.2, -0.15) is 0 Å². The summed E-state index contributed by atoms with van der Waals surface area (Å²) in [7, 11) is 0. The first kappa shape index (κ1) is 17.9. The molecule has 1 saturated heterocycles. The van der Waals surface area contributed by atoms with Gasteiger partial charge in [-0.1, -0.05) is 6.07 Å². The van der Waals surface area contributed by atoms with Gasteiger partial charge < -0.3 is 19.9 Å². The van der Waals surface area contributed by atoms with Crippen molar-refractivity contribution in [2.24, 2.45) is 0 Å². The van der Waals surface area contributed by atoms with Gasteiger partial charge in [-0.15, -0.1) is 0 Å². The topological polar surface area (TPSA) is 84.9 Å². The standard InChI is InChI=1S/C20H21NO5/c1-13-8-14(10-15(9-13)20(23)24)19(22)21-16-4-2-5-17(11-16)26-12-18-6-3-7-25-18/h2,4-5,8-11,18H,3,6-7,12H2,1H3,(H,21,22)(H,23,24). The number of hydrogen-bond acceptors (Lipinski definition) is 4. The third kappa shape index (κ3) is 4.61. The average molecular weight is 355 g/mol. The lowest BCUT2D eigenvalue weighted by Gasteiger charge is -2.13. The molecule has 1 fully saturated rings. The van der Waals surface area contributed by atoms with Crippen LogP contribution in [0.1, 0.15) is 39.1 Å². The van der Waals surface area contributed by atoms with E-state index in [1.165, 1.54) is 12.1 Å². The second-order valence-corrected chi connectivity index (χ2v) is 6.32. The van der Waals surface area contributed by atoms with Crippen LogP contribution >= 0.6 is 0 Å². The van der Waals surface area contributed by atoms with Crippen molar-refractivity contribution >= 4 is 17.6 Å². The molecule has 2 aromatic carbocycles. The Bertz CT molecular complexity index is 812. The van der Waals surface area contributed by atoms with Crippen LogP contribution in [0.3, 0.4) is 0 Å². The van der Waals surface area contributed by atoms with Gasteiger partial charge in [0.25, 0.3) is 5.91 Å². The fourth-order valence-corrected chi connectivity index (χ4v) is 2.87. The first-order valence-electron chi connectivity index (χ1n) is 8.52. The Balaban J connectivity index is 1.67. The molecule has 0 aliphatic carbocycles. The van der Waals surface area contributed by atoms with Crippen LogP contribution < -0.4 is 10.1 Å². The lowest BCUT2D eigenvalue weighted by atomic mass is 10.1. The Labute approximate surface area is 151 Å². The number of anilines is 1. The van der Waals surface area contributed by atoms with Gasteiger partial charge in [0, 0.05) is 23.9 Å². The van der Waals surface area contributed by atoms with Crippen molar-refractivity contribution in [1.29, 1.82) is 0 Å². The maximum atomic E-state index is 12.5. The Morgan fingerprint density at radius 2 is 2.04 bits per heavy atom. The Kier molecular flexibility index (Phi) is 5.53. The van der Waals surface area contributed by atoms with Crippen molar-refractivity contribution in [3.05, 3.63) is 59.2 Å². The number of ether oxygens (including phenoxy) is 2. The summed E-state index contributed by atoms with van der Waals surface area (Å²) in [4.78, 5) is 23.6. The number of amides is 1. The molecule has 136 valence electrons. The van der Waals surface area contributed by atoms with E-state index < -0.39 is 5.97 Å². The number of aryl methyl sites for hydroxylation is 1. The Morgan fingerprint density at radius 3 is 2.77 bits per heavy atom. The lowest BCUT2D eigenvalue weighted by Crippen LogP contribution is -2.16. The van der Waals surface area contributed by atoms with E-state index >= 15 is 0 Å². The summed E-state index contributed by atoms with van der Waals surface area (Å²) in [5.41, 5.74) is 1.68. The van der Waals surface area contributed by atoms with Crippen LogP contribution in [0.25, 0.3) is 0 Å². The third-order valence-corrected chi connectivity index (χ3v) is 4.14. The van der Waals surface area contributed by atoms with Crippen molar-refractivity contribution in [3.63, 3.8) is 0 Å². The fraction of sp³-hybridized carbons (Fsp3) is 0.300. The van der Waals surface area contributed by atoms with E-state index in [0.717, 1.165) is 19.4 Å². The number of carbonyl (C=O) groups is 2. The summed E-state index contributed by atoms with van der Waals surface area (Å²) in [6.07, 6.45) is 2.17. The molecule has 0 radical (unpaired) electrons. The molecule has 1 aliphatic heterocycles. The summed E-state index contributed by atoms with van der Waals surface area (Å²) >= 11 is 0. The molecule has 1 heterocycles. The minimum absolute atomic E-state index is 0.0868. The van der Waals surface area contributed by atoms with Crippen molar-refractivity contribution in [3.8, 4) is 5.75 Å². The van der Waals surface area contributed by atoms with E-state index in [1.54, 1.807) is 31.2 Å². The van der Waals surface area contributed by atoms with Gasteiger partial charge >= 0.3 is 5.97 Å². The zero-order valence-electron chi connectivity index (χ0n) is 14.5. The number of aromatic carboxylic acids is 1. The zero-order chi connectivity index (χ0) is 18.5. The Morgan fingerprint density at radius 1 is 1.23 bits per heavy atom. The second-order valence-electron chi connectivity index (χ2n) is 6.32. The van der Waals surface area contributed by atoms with Crippen molar-refractivity contribution in [2.75, 3.05) is 18.5 Å². The zero-order valence-corrected chi connectivity index (χ0v) is 14.5. The summed E-state index contributed by atoms with van der Waals surface area (Å²) in [6.45, 7) is 3.01. The molecule has 2 N–H and O–H groups in total. The molecular formula is C20H21NO5. The number of rotatable bonds is 6. The molecule has 2 aromatic rings. The number of carboxylic acid groups (broad SMARTS) is 1. The number of hydrogen-bond donors (Lipinski definition) is 2. The fourth-order valence-electron chi connectivity index (χ4n) is 2.87. The summed E-state index contributed by atoms with van der Waals surface area (Å²) in [6, 6.07) is 11.6. The van der Waals surface area contributed by atoms with Crippen LogP contribution in [-0.4, -0.2) is 36.3 Å². The van der Waals surface area contributed by atoms with E-state index in [4.69, 9.17) is 14.6 Å². The number of benzene rings is 2. The predicted molar refractivity (Wildman–Crippen MR) is 97.0 cm³/mol. The summed E-state index contributed by atoms with van der Waals surface area (Å²) < 4.78 is 11.3. The highest BCUT2D eigenvalue weighted by Crippen LogP contribution is 2.20. The van der Waals surface area contributed by atoms with Crippen molar-refractivity contribution in [2.45, 2.75) is 25.9 Å². The number of nitrogens with one attached hydrogen (secondary N) is 1. The highest BCUT2D eigenvalue weighted by Gasteiger charge is 2.16. The molecule has 3 rings (SSSR count). The molecule has 26 heavy (non-hydrogen) atoms. The Hall–Kier alpha value is -2.86. The van der Waals surface area contributed by atoms with E-state index in [2.05, 4.69) is 5.32 Å². The minimum Gasteiger partial charge on any atom is -0.491 e. The molecule has 1 aliphatic rings. The van der Waals surface area contributed by atoms with Crippen LogP contribution in [0, 0.1) is 6.92 Å². The monoisotopic (exact) mass is 355 g/mol.